The molecule has 0 amide bonds. The zero-order valence-corrected chi connectivity index (χ0v) is 11.7. The monoisotopic (exact) mass is 312 g/mol. The zero-order chi connectivity index (χ0) is 13.3. The molecule has 0 N–H and O–H groups in total. The fourth-order valence-corrected chi connectivity index (χ4v) is 2.95. The molecule has 0 aliphatic carbocycles. The maximum absolute atomic E-state index is 11.2. The highest BCUT2D eigenvalue weighted by Crippen LogP contribution is 2.45. The second-order valence-corrected chi connectivity index (χ2v) is 6.76. The Morgan fingerprint density at radius 3 is 2.67 bits per heavy atom. The molecule has 0 aromatic heterocycles. The molecule has 0 fully saturated rings. The van der Waals surface area contributed by atoms with Crippen LogP contribution >= 0.6 is 22.3 Å². The summed E-state index contributed by atoms with van der Waals surface area (Å²) in [5, 5.41) is 0.247. The van der Waals surface area contributed by atoms with Gasteiger partial charge in [0, 0.05) is 16.7 Å². The first kappa shape index (κ1) is 13.6. The van der Waals surface area contributed by atoms with Gasteiger partial charge in [-0.2, -0.15) is 0 Å². The highest BCUT2D eigenvalue weighted by molar-refractivity contribution is 8.13. The third-order valence-electron chi connectivity index (χ3n) is 2.35. The molecule has 0 atom stereocenters. The molecule has 100 valence electrons. The minimum Gasteiger partial charge on any atom is -0.495 e. The van der Waals surface area contributed by atoms with Crippen LogP contribution in [-0.4, -0.2) is 28.7 Å². The molecule has 0 spiro atoms. The first-order valence-electron chi connectivity index (χ1n) is 4.99. The quantitative estimate of drug-likeness (QED) is 0.801. The van der Waals surface area contributed by atoms with E-state index in [1.54, 1.807) is 0 Å². The summed E-state index contributed by atoms with van der Waals surface area (Å²) in [6.45, 7) is 0.704. The van der Waals surface area contributed by atoms with E-state index < -0.39 is 14.8 Å². The van der Waals surface area contributed by atoms with E-state index >= 15 is 0 Å². The lowest BCUT2D eigenvalue weighted by Gasteiger charge is -2.23. The van der Waals surface area contributed by atoms with Gasteiger partial charge < -0.3 is 14.2 Å². The summed E-state index contributed by atoms with van der Waals surface area (Å²) in [4.78, 5) is 0. The first-order chi connectivity index (χ1) is 8.42. The largest absolute Gasteiger partial charge is 0.495 e. The van der Waals surface area contributed by atoms with E-state index in [1.165, 1.54) is 13.2 Å². The number of fused-ring (bicyclic) bond motifs is 1. The summed E-state index contributed by atoms with van der Waals surface area (Å²) >= 11 is 6.00. The zero-order valence-electron chi connectivity index (χ0n) is 9.40. The lowest BCUT2D eigenvalue weighted by atomic mass is 10.1. The van der Waals surface area contributed by atoms with Crippen LogP contribution in [0, 0.1) is 0 Å². The van der Waals surface area contributed by atoms with Gasteiger partial charge in [0.05, 0.1) is 23.4 Å². The van der Waals surface area contributed by atoms with Crippen LogP contribution in [0.1, 0.15) is 5.56 Å². The summed E-state index contributed by atoms with van der Waals surface area (Å²) in [5.74, 6) is 0.489. The van der Waals surface area contributed by atoms with Crippen LogP contribution in [0.25, 0.3) is 0 Å². The van der Waals surface area contributed by atoms with Crippen LogP contribution in [-0.2, 0) is 14.8 Å². The van der Waals surface area contributed by atoms with Gasteiger partial charge in [-0.25, -0.2) is 8.42 Å². The Kier molecular flexibility index (Phi) is 3.79. The van der Waals surface area contributed by atoms with Crippen molar-refractivity contribution in [1.82, 2.24) is 0 Å². The minimum absolute atomic E-state index is 0.227. The fourth-order valence-electron chi connectivity index (χ4n) is 1.73. The number of rotatable bonds is 3. The molecule has 2 rings (SSSR count). The average Bonchev–Trinajstić information content (AvgIpc) is 2.27. The van der Waals surface area contributed by atoms with E-state index in [1.807, 2.05) is 0 Å². The molecule has 5 nitrogen and oxygen atoms in total. The van der Waals surface area contributed by atoms with Crippen molar-refractivity contribution < 1.29 is 22.6 Å². The molecule has 0 bridgehead atoms. The molecule has 8 heteroatoms. The van der Waals surface area contributed by atoms with Gasteiger partial charge in [-0.1, -0.05) is 11.6 Å². The van der Waals surface area contributed by atoms with Crippen molar-refractivity contribution in [3.63, 3.8) is 0 Å². The molecule has 0 saturated carbocycles. The number of methoxy groups -OCH3 is 1. The number of hydrogen-bond donors (Lipinski definition) is 0. The highest BCUT2D eigenvalue weighted by atomic mass is 35.7. The Morgan fingerprint density at radius 1 is 1.39 bits per heavy atom. The van der Waals surface area contributed by atoms with Gasteiger partial charge in [0.25, 0.3) is 0 Å². The van der Waals surface area contributed by atoms with Crippen molar-refractivity contribution in [1.29, 1.82) is 0 Å². The van der Waals surface area contributed by atoms with Gasteiger partial charge in [0.2, 0.25) is 9.05 Å². The van der Waals surface area contributed by atoms with Crippen LogP contribution in [0.2, 0.25) is 5.02 Å². The van der Waals surface area contributed by atoms with E-state index in [0.717, 1.165) is 0 Å². The normalized spacial score (nSPS) is 14.4. The second kappa shape index (κ2) is 5.03. The predicted molar refractivity (Wildman–Crippen MR) is 67.5 cm³/mol. The molecular formula is C10H10Cl2O5S. The van der Waals surface area contributed by atoms with Crippen molar-refractivity contribution in [2.45, 2.75) is 5.75 Å². The number of halogens is 2. The van der Waals surface area contributed by atoms with E-state index in [2.05, 4.69) is 0 Å². The Bertz CT molecular complexity index is 570. The second-order valence-electron chi connectivity index (χ2n) is 3.58. The van der Waals surface area contributed by atoms with Crippen molar-refractivity contribution in [3.8, 4) is 17.2 Å². The van der Waals surface area contributed by atoms with E-state index in [9.17, 15) is 8.42 Å². The van der Waals surface area contributed by atoms with Gasteiger partial charge >= 0.3 is 0 Å². The molecule has 18 heavy (non-hydrogen) atoms. The Labute approximate surface area is 114 Å². The van der Waals surface area contributed by atoms with E-state index in [-0.39, 0.29) is 16.3 Å². The van der Waals surface area contributed by atoms with Gasteiger partial charge in [-0.15, -0.1) is 0 Å². The van der Waals surface area contributed by atoms with Crippen LogP contribution in [0.4, 0.5) is 0 Å². The molecule has 1 aromatic rings. The van der Waals surface area contributed by atoms with E-state index in [4.69, 9.17) is 36.5 Å². The maximum atomic E-state index is 11.2. The van der Waals surface area contributed by atoms with Crippen LogP contribution < -0.4 is 14.2 Å². The highest BCUT2D eigenvalue weighted by Gasteiger charge is 2.26. The summed E-state index contributed by atoms with van der Waals surface area (Å²) in [6, 6.07) is 1.53. The van der Waals surface area contributed by atoms with Crippen molar-refractivity contribution >= 4 is 31.3 Å². The Balaban J connectivity index is 2.62. The van der Waals surface area contributed by atoms with Crippen molar-refractivity contribution in [3.05, 3.63) is 16.7 Å². The number of benzene rings is 1. The fraction of sp³-hybridized carbons (Fsp3) is 0.400. The molecule has 1 aliphatic rings. The molecular weight excluding hydrogens is 303 g/mol. The first-order valence-corrected chi connectivity index (χ1v) is 7.85. The predicted octanol–water partition coefficient (Wildman–Crippen LogP) is 2.19. The topological polar surface area (TPSA) is 61.8 Å². The van der Waals surface area contributed by atoms with Crippen molar-refractivity contribution in [2.24, 2.45) is 0 Å². The lowest BCUT2D eigenvalue weighted by molar-refractivity contribution is 0.169. The van der Waals surface area contributed by atoms with Crippen LogP contribution in [0.15, 0.2) is 6.07 Å². The SMILES string of the molecule is COc1c(Cl)cc2c(c1CS(=O)(=O)Cl)OCCO2. The Hall–Kier alpha value is -0.850. The summed E-state index contributed by atoms with van der Waals surface area (Å²) in [6.07, 6.45) is 0. The van der Waals surface area contributed by atoms with Crippen molar-refractivity contribution in [2.75, 3.05) is 20.3 Å². The third kappa shape index (κ3) is 2.76. The summed E-state index contributed by atoms with van der Waals surface area (Å²) < 4.78 is 38.3. The lowest BCUT2D eigenvalue weighted by Crippen LogP contribution is -2.17. The molecule has 0 unspecified atom stereocenters. The molecule has 1 aliphatic heterocycles. The third-order valence-corrected chi connectivity index (χ3v) is 3.60. The maximum Gasteiger partial charge on any atom is 0.237 e. The summed E-state index contributed by atoms with van der Waals surface area (Å²) in [5.41, 5.74) is 0.273. The molecule has 1 heterocycles. The number of hydrogen-bond acceptors (Lipinski definition) is 5. The number of ether oxygens (including phenoxy) is 3. The van der Waals surface area contributed by atoms with Gasteiger partial charge in [0.15, 0.2) is 11.5 Å². The molecule has 0 radical (unpaired) electrons. The molecule has 0 saturated heterocycles. The van der Waals surface area contributed by atoms with Gasteiger partial charge in [0.1, 0.15) is 19.0 Å². The smallest absolute Gasteiger partial charge is 0.237 e. The minimum atomic E-state index is -3.76. The molecule has 1 aromatic carbocycles. The Morgan fingerprint density at radius 2 is 2.06 bits per heavy atom. The van der Waals surface area contributed by atoms with Gasteiger partial charge in [-0.3, -0.25) is 0 Å². The standard InChI is InChI=1S/C10H10Cl2O5S/c1-15-9-6(5-18(12,13)14)10-8(4-7(9)11)16-2-3-17-10/h4H,2-3,5H2,1H3. The summed E-state index contributed by atoms with van der Waals surface area (Å²) in [7, 11) is 2.90. The van der Waals surface area contributed by atoms with Crippen LogP contribution in [0.5, 0.6) is 17.2 Å². The van der Waals surface area contributed by atoms with Gasteiger partial charge in [-0.05, 0) is 0 Å². The average molecular weight is 313 g/mol. The van der Waals surface area contributed by atoms with E-state index in [0.29, 0.717) is 24.7 Å². The van der Waals surface area contributed by atoms with Crippen LogP contribution in [0.3, 0.4) is 0 Å².